The van der Waals surface area contributed by atoms with Crippen LogP contribution in [0.5, 0.6) is 0 Å². The zero-order valence-electron chi connectivity index (χ0n) is 12.4. The number of carbonyl (C=O) groups excluding carboxylic acids is 1. The van der Waals surface area contributed by atoms with Crippen molar-refractivity contribution in [1.82, 2.24) is 14.3 Å². The Morgan fingerprint density at radius 3 is 2.55 bits per heavy atom. The third-order valence-corrected chi connectivity index (χ3v) is 4.06. The average Bonchev–Trinajstić information content (AvgIpc) is 2.78. The number of carbonyl (C=O) groups is 1. The number of fused-ring (bicyclic) bond motifs is 1. The van der Waals surface area contributed by atoms with E-state index in [1.165, 1.54) is 0 Å². The van der Waals surface area contributed by atoms with E-state index in [1.54, 1.807) is 0 Å². The van der Waals surface area contributed by atoms with Crippen LogP contribution in [-0.4, -0.2) is 33.3 Å². The van der Waals surface area contributed by atoms with Crippen molar-refractivity contribution in [3.8, 4) is 0 Å². The fraction of sp³-hybridized carbons (Fsp3) is 0.467. The Bertz CT molecular complexity index is 644. The van der Waals surface area contributed by atoms with Crippen molar-refractivity contribution >= 4 is 27.5 Å². The number of hydrogen-bond donors (Lipinski definition) is 0. The largest absolute Gasteiger partial charge is 0.338 e. The van der Waals surface area contributed by atoms with Gasteiger partial charge in [0.15, 0.2) is 5.65 Å². The fourth-order valence-corrected chi connectivity index (χ4v) is 3.05. The number of nitrogens with zero attached hydrogens (tertiary/aromatic N) is 3. The van der Waals surface area contributed by atoms with Crippen molar-refractivity contribution < 1.29 is 4.79 Å². The standard InChI is InChI=1S/C15H20BrN3O/c1-5-12-13(15(20)18(6-2)7-3)19-9-10(4)8-11(16)14(19)17-12/h8-9H,5-7H2,1-4H3. The van der Waals surface area contributed by atoms with E-state index in [9.17, 15) is 4.79 Å². The van der Waals surface area contributed by atoms with E-state index >= 15 is 0 Å². The zero-order valence-corrected chi connectivity index (χ0v) is 14.0. The molecule has 0 N–H and O–H groups in total. The predicted molar refractivity (Wildman–Crippen MR) is 84.3 cm³/mol. The summed E-state index contributed by atoms with van der Waals surface area (Å²) in [5.41, 5.74) is 3.45. The molecule has 0 unspecified atom stereocenters. The van der Waals surface area contributed by atoms with Crippen LogP contribution in [0.4, 0.5) is 0 Å². The van der Waals surface area contributed by atoms with Gasteiger partial charge in [-0.15, -0.1) is 0 Å². The highest BCUT2D eigenvalue weighted by Gasteiger charge is 2.22. The maximum absolute atomic E-state index is 12.7. The molecule has 0 spiro atoms. The molecule has 2 rings (SSSR count). The summed E-state index contributed by atoms with van der Waals surface area (Å²) in [6, 6.07) is 2.02. The Kier molecular flexibility index (Phi) is 4.48. The minimum absolute atomic E-state index is 0.0526. The Labute approximate surface area is 127 Å². The number of imidazole rings is 1. The van der Waals surface area contributed by atoms with E-state index in [4.69, 9.17) is 0 Å². The Morgan fingerprint density at radius 1 is 1.35 bits per heavy atom. The van der Waals surface area contributed by atoms with E-state index in [2.05, 4.69) is 20.9 Å². The molecule has 0 aliphatic rings. The van der Waals surface area contributed by atoms with E-state index in [0.717, 1.165) is 27.8 Å². The first-order chi connectivity index (χ1) is 9.53. The van der Waals surface area contributed by atoms with Gasteiger partial charge >= 0.3 is 0 Å². The summed E-state index contributed by atoms with van der Waals surface area (Å²) in [6.07, 6.45) is 2.72. The molecule has 2 heterocycles. The number of amides is 1. The van der Waals surface area contributed by atoms with Crippen molar-refractivity contribution in [3.05, 3.63) is 33.7 Å². The van der Waals surface area contributed by atoms with Gasteiger partial charge in [0.05, 0.1) is 10.2 Å². The van der Waals surface area contributed by atoms with Gasteiger partial charge in [-0.1, -0.05) is 6.92 Å². The summed E-state index contributed by atoms with van der Waals surface area (Å²) < 4.78 is 2.84. The Morgan fingerprint density at radius 2 is 2.00 bits per heavy atom. The predicted octanol–water partition coefficient (Wildman–Crippen LogP) is 3.45. The van der Waals surface area contributed by atoms with Crippen molar-refractivity contribution in [2.24, 2.45) is 0 Å². The van der Waals surface area contributed by atoms with Crippen LogP contribution in [0.3, 0.4) is 0 Å². The molecule has 0 atom stereocenters. The average molecular weight is 338 g/mol. The molecule has 5 heteroatoms. The molecule has 0 saturated heterocycles. The molecule has 0 aliphatic carbocycles. The van der Waals surface area contributed by atoms with Crippen LogP contribution in [0.2, 0.25) is 0 Å². The van der Waals surface area contributed by atoms with E-state index in [-0.39, 0.29) is 5.91 Å². The van der Waals surface area contributed by atoms with Gasteiger partial charge in [0.1, 0.15) is 5.69 Å². The molecule has 0 aromatic carbocycles. The molecular weight excluding hydrogens is 318 g/mol. The molecule has 2 aromatic rings. The lowest BCUT2D eigenvalue weighted by molar-refractivity contribution is 0.0765. The highest BCUT2D eigenvalue weighted by Crippen LogP contribution is 2.23. The van der Waals surface area contributed by atoms with E-state index < -0.39 is 0 Å². The van der Waals surface area contributed by atoms with Crippen LogP contribution in [-0.2, 0) is 6.42 Å². The third-order valence-electron chi connectivity index (χ3n) is 3.47. The van der Waals surface area contributed by atoms with Gasteiger partial charge in [0, 0.05) is 19.3 Å². The highest BCUT2D eigenvalue weighted by molar-refractivity contribution is 9.10. The molecule has 0 fully saturated rings. The second kappa shape index (κ2) is 5.95. The van der Waals surface area contributed by atoms with Crippen LogP contribution < -0.4 is 0 Å². The Balaban J connectivity index is 2.70. The van der Waals surface area contributed by atoms with Gasteiger partial charge in [-0.05, 0) is 54.8 Å². The quantitative estimate of drug-likeness (QED) is 0.856. The van der Waals surface area contributed by atoms with Crippen molar-refractivity contribution in [2.45, 2.75) is 34.1 Å². The Hall–Kier alpha value is -1.36. The monoisotopic (exact) mass is 337 g/mol. The zero-order chi connectivity index (χ0) is 14.9. The smallest absolute Gasteiger partial charge is 0.272 e. The molecule has 0 saturated carbocycles. The van der Waals surface area contributed by atoms with Gasteiger partial charge in [-0.3, -0.25) is 9.20 Å². The molecule has 2 aromatic heterocycles. The number of rotatable bonds is 4. The van der Waals surface area contributed by atoms with Gasteiger partial charge in [-0.25, -0.2) is 4.98 Å². The molecule has 0 bridgehead atoms. The fourth-order valence-electron chi connectivity index (χ4n) is 2.41. The molecule has 0 aliphatic heterocycles. The molecule has 1 amide bonds. The molecular formula is C15H20BrN3O. The molecule has 4 nitrogen and oxygen atoms in total. The van der Waals surface area contributed by atoms with Crippen molar-refractivity contribution in [3.63, 3.8) is 0 Å². The lowest BCUT2D eigenvalue weighted by atomic mass is 10.2. The van der Waals surface area contributed by atoms with Gasteiger partial charge < -0.3 is 4.90 Å². The van der Waals surface area contributed by atoms with Gasteiger partial charge in [-0.2, -0.15) is 0 Å². The SMILES string of the molecule is CCc1nc2c(Br)cc(C)cn2c1C(=O)N(CC)CC. The van der Waals surface area contributed by atoms with Crippen molar-refractivity contribution in [1.29, 1.82) is 0 Å². The second-order valence-electron chi connectivity index (χ2n) is 4.80. The summed E-state index contributed by atoms with van der Waals surface area (Å²) >= 11 is 3.54. The summed E-state index contributed by atoms with van der Waals surface area (Å²) in [7, 11) is 0. The first-order valence-electron chi connectivity index (χ1n) is 6.99. The summed E-state index contributed by atoms with van der Waals surface area (Å²) in [4.78, 5) is 19.2. The summed E-state index contributed by atoms with van der Waals surface area (Å²) in [6.45, 7) is 9.45. The van der Waals surface area contributed by atoms with Gasteiger partial charge in [0.2, 0.25) is 0 Å². The lowest BCUT2D eigenvalue weighted by Gasteiger charge is -2.19. The minimum atomic E-state index is 0.0526. The molecule has 108 valence electrons. The van der Waals surface area contributed by atoms with E-state index in [0.29, 0.717) is 18.8 Å². The summed E-state index contributed by atoms with van der Waals surface area (Å²) in [5, 5.41) is 0. The highest BCUT2D eigenvalue weighted by atomic mass is 79.9. The minimum Gasteiger partial charge on any atom is -0.338 e. The maximum Gasteiger partial charge on any atom is 0.272 e. The van der Waals surface area contributed by atoms with E-state index in [1.807, 2.05) is 49.3 Å². The maximum atomic E-state index is 12.7. The first-order valence-corrected chi connectivity index (χ1v) is 7.79. The number of halogens is 1. The summed E-state index contributed by atoms with van der Waals surface area (Å²) in [5.74, 6) is 0.0526. The topological polar surface area (TPSA) is 37.6 Å². The van der Waals surface area contributed by atoms with Crippen LogP contribution in [0.1, 0.15) is 42.5 Å². The number of pyridine rings is 1. The van der Waals surface area contributed by atoms with Crippen LogP contribution in [0.15, 0.2) is 16.7 Å². The lowest BCUT2D eigenvalue weighted by Crippen LogP contribution is -2.32. The van der Waals surface area contributed by atoms with Crippen molar-refractivity contribution in [2.75, 3.05) is 13.1 Å². The number of hydrogen-bond acceptors (Lipinski definition) is 2. The number of aryl methyl sites for hydroxylation is 2. The van der Waals surface area contributed by atoms with Crippen LogP contribution >= 0.6 is 15.9 Å². The molecule has 0 radical (unpaired) electrons. The second-order valence-corrected chi connectivity index (χ2v) is 5.65. The van der Waals surface area contributed by atoms with Crippen LogP contribution in [0, 0.1) is 6.92 Å². The molecule has 20 heavy (non-hydrogen) atoms. The van der Waals surface area contributed by atoms with Crippen LogP contribution in [0.25, 0.3) is 5.65 Å². The third kappa shape index (κ3) is 2.46. The normalized spacial score (nSPS) is 11.1. The van der Waals surface area contributed by atoms with Gasteiger partial charge in [0.25, 0.3) is 5.91 Å². The number of aromatic nitrogens is 2. The first kappa shape index (κ1) is 15.0.